The predicted molar refractivity (Wildman–Crippen MR) is 79.4 cm³/mol. The van der Waals surface area contributed by atoms with E-state index in [1.807, 2.05) is 6.92 Å². The number of benzene rings is 2. The number of methoxy groups -OCH3 is 1. The molecule has 0 fully saturated rings. The van der Waals surface area contributed by atoms with Crippen LogP contribution in [0.4, 0.5) is 11.4 Å². The zero-order valence-electron chi connectivity index (χ0n) is 11.1. The summed E-state index contributed by atoms with van der Waals surface area (Å²) in [6.45, 7) is 1.90. The van der Waals surface area contributed by atoms with E-state index in [2.05, 4.69) is 5.32 Å². The first-order valence-corrected chi connectivity index (χ1v) is 6.33. The van der Waals surface area contributed by atoms with Gasteiger partial charge in [-0.1, -0.05) is 17.7 Å². The van der Waals surface area contributed by atoms with Crippen LogP contribution in [0.15, 0.2) is 36.4 Å². The highest BCUT2D eigenvalue weighted by molar-refractivity contribution is 6.32. The van der Waals surface area contributed by atoms with Crippen molar-refractivity contribution < 1.29 is 14.6 Å². The Hall–Kier alpha value is -2.20. The lowest BCUT2D eigenvalue weighted by Crippen LogP contribution is -2.03. The van der Waals surface area contributed by atoms with Crippen LogP contribution in [0, 0.1) is 6.92 Å². The SMILES string of the molecule is COc1ccc(Nc2cc(C)ccc2C(=O)O)cc1Cl. The number of anilines is 2. The molecule has 0 atom stereocenters. The Morgan fingerprint density at radius 3 is 2.60 bits per heavy atom. The molecule has 2 aromatic carbocycles. The van der Waals surface area contributed by atoms with Gasteiger partial charge in [-0.3, -0.25) is 0 Å². The molecule has 2 rings (SSSR count). The maximum atomic E-state index is 11.2. The molecule has 0 unspecified atom stereocenters. The summed E-state index contributed by atoms with van der Waals surface area (Å²) in [4.78, 5) is 11.2. The highest BCUT2D eigenvalue weighted by atomic mass is 35.5. The molecule has 5 heteroatoms. The number of carboxylic acid groups (broad SMARTS) is 1. The average Bonchev–Trinajstić information content (AvgIpc) is 2.38. The number of carbonyl (C=O) groups is 1. The first kappa shape index (κ1) is 14.2. The van der Waals surface area contributed by atoms with Crippen molar-refractivity contribution in [3.05, 3.63) is 52.5 Å². The van der Waals surface area contributed by atoms with Crippen molar-refractivity contribution in [3.63, 3.8) is 0 Å². The highest BCUT2D eigenvalue weighted by Gasteiger charge is 2.11. The van der Waals surface area contributed by atoms with Crippen molar-refractivity contribution >= 4 is 28.9 Å². The molecule has 0 heterocycles. The van der Waals surface area contributed by atoms with Crippen LogP contribution in [-0.2, 0) is 0 Å². The summed E-state index contributed by atoms with van der Waals surface area (Å²) in [5.74, 6) is -0.410. The molecule has 2 N–H and O–H groups in total. The third-order valence-electron chi connectivity index (χ3n) is 2.84. The molecule has 0 saturated heterocycles. The van der Waals surface area contributed by atoms with Crippen LogP contribution in [-0.4, -0.2) is 18.2 Å². The van der Waals surface area contributed by atoms with E-state index in [-0.39, 0.29) is 5.56 Å². The van der Waals surface area contributed by atoms with Crippen molar-refractivity contribution in [1.29, 1.82) is 0 Å². The number of aromatic carboxylic acids is 1. The summed E-state index contributed by atoms with van der Waals surface area (Å²) >= 11 is 6.05. The van der Waals surface area contributed by atoms with Gasteiger partial charge in [0.2, 0.25) is 0 Å². The van der Waals surface area contributed by atoms with Gasteiger partial charge in [-0.25, -0.2) is 4.79 Å². The smallest absolute Gasteiger partial charge is 0.337 e. The minimum Gasteiger partial charge on any atom is -0.495 e. The molecule has 0 radical (unpaired) electrons. The molecule has 0 aliphatic rings. The minimum absolute atomic E-state index is 0.211. The molecule has 104 valence electrons. The van der Waals surface area contributed by atoms with Gasteiger partial charge >= 0.3 is 5.97 Å². The number of ether oxygens (including phenoxy) is 1. The third-order valence-corrected chi connectivity index (χ3v) is 3.13. The van der Waals surface area contributed by atoms with Crippen molar-refractivity contribution in [2.75, 3.05) is 12.4 Å². The number of hydrogen-bond donors (Lipinski definition) is 2. The Balaban J connectivity index is 2.36. The average molecular weight is 292 g/mol. The molecule has 0 aliphatic carbocycles. The van der Waals surface area contributed by atoms with Gasteiger partial charge in [0.1, 0.15) is 5.75 Å². The van der Waals surface area contributed by atoms with E-state index >= 15 is 0 Å². The number of rotatable bonds is 4. The zero-order chi connectivity index (χ0) is 14.7. The van der Waals surface area contributed by atoms with Crippen LogP contribution in [0.2, 0.25) is 5.02 Å². The second-order valence-corrected chi connectivity index (χ2v) is 4.74. The zero-order valence-corrected chi connectivity index (χ0v) is 11.9. The lowest BCUT2D eigenvalue weighted by molar-refractivity contribution is 0.0698. The Kier molecular flexibility index (Phi) is 4.15. The number of nitrogens with one attached hydrogen (secondary N) is 1. The highest BCUT2D eigenvalue weighted by Crippen LogP contribution is 2.30. The molecule has 0 bridgehead atoms. The summed E-state index contributed by atoms with van der Waals surface area (Å²) in [5.41, 5.74) is 2.40. The largest absolute Gasteiger partial charge is 0.495 e. The lowest BCUT2D eigenvalue weighted by atomic mass is 10.1. The summed E-state index contributed by atoms with van der Waals surface area (Å²) in [5, 5.41) is 12.7. The van der Waals surface area contributed by atoms with Crippen LogP contribution in [0.25, 0.3) is 0 Å². The molecule has 4 nitrogen and oxygen atoms in total. The monoisotopic (exact) mass is 291 g/mol. The van der Waals surface area contributed by atoms with Gasteiger partial charge in [0.25, 0.3) is 0 Å². The summed E-state index contributed by atoms with van der Waals surface area (Å²) in [6.07, 6.45) is 0. The number of carboxylic acids is 1. The first-order chi connectivity index (χ1) is 9.51. The van der Waals surface area contributed by atoms with Crippen LogP contribution in [0.1, 0.15) is 15.9 Å². The van der Waals surface area contributed by atoms with Gasteiger partial charge in [-0.2, -0.15) is 0 Å². The van der Waals surface area contributed by atoms with Gasteiger partial charge in [0, 0.05) is 5.69 Å². The van der Waals surface area contributed by atoms with E-state index in [1.54, 1.807) is 36.4 Å². The van der Waals surface area contributed by atoms with Crippen LogP contribution < -0.4 is 10.1 Å². The molecule has 0 amide bonds. The number of halogens is 1. The Labute approximate surface area is 122 Å². The summed E-state index contributed by atoms with van der Waals surface area (Å²) in [7, 11) is 1.54. The van der Waals surface area contributed by atoms with Gasteiger partial charge in [0.05, 0.1) is 23.4 Å². The van der Waals surface area contributed by atoms with Crippen LogP contribution >= 0.6 is 11.6 Å². The summed E-state index contributed by atoms with van der Waals surface area (Å²) < 4.78 is 5.08. The third kappa shape index (κ3) is 3.03. The standard InChI is InChI=1S/C15H14ClNO3/c1-9-3-5-11(15(18)19)13(7-9)17-10-4-6-14(20-2)12(16)8-10/h3-8,17H,1-2H3,(H,18,19). The molecule has 0 saturated carbocycles. The van der Waals surface area contributed by atoms with Crippen molar-refractivity contribution in [2.45, 2.75) is 6.92 Å². The second-order valence-electron chi connectivity index (χ2n) is 4.33. The normalized spacial score (nSPS) is 10.2. The predicted octanol–water partition coefficient (Wildman–Crippen LogP) is 4.10. The fourth-order valence-electron chi connectivity index (χ4n) is 1.85. The van der Waals surface area contributed by atoms with E-state index in [1.165, 1.54) is 7.11 Å². The van der Waals surface area contributed by atoms with Crippen LogP contribution in [0.3, 0.4) is 0 Å². The molecule has 2 aromatic rings. The minimum atomic E-state index is -0.980. The molecule has 20 heavy (non-hydrogen) atoms. The maximum Gasteiger partial charge on any atom is 0.337 e. The first-order valence-electron chi connectivity index (χ1n) is 5.96. The number of aryl methyl sites for hydroxylation is 1. The Morgan fingerprint density at radius 2 is 2.00 bits per heavy atom. The van der Waals surface area contributed by atoms with Crippen molar-refractivity contribution in [2.24, 2.45) is 0 Å². The second kappa shape index (κ2) is 5.84. The van der Waals surface area contributed by atoms with E-state index in [4.69, 9.17) is 16.3 Å². The molecule has 0 aromatic heterocycles. The van der Waals surface area contributed by atoms with E-state index in [0.29, 0.717) is 22.1 Å². The van der Waals surface area contributed by atoms with E-state index < -0.39 is 5.97 Å². The van der Waals surface area contributed by atoms with Gasteiger partial charge in [0.15, 0.2) is 0 Å². The molecule has 0 aliphatic heterocycles. The van der Waals surface area contributed by atoms with Gasteiger partial charge in [-0.15, -0.1) is 0 Å². The lowest BCUT2D eigenvalue weighted by Gasteiger charge is -2.12. The fraction of sp³-hybridized carbons (Fsp3) is 0.133. The van der Waals surface area contributed by atoms with E-state index in [9.17, 15) is 9.90 Å². The van der Waals surface area contributed by atoms with Crippen molar-refractivity contribution in [1.82, 2.24) is 0 Å². The molecular weight excluding hydrogens is 278 g/mol. The Morgan fingerprint density at radius 1 is 1.25 bits per heavy atom. The maximum absolute atomic E-state index is 11.2. The topological polar surface area (TPSA) is 58.6 Å². The van der Waals surface area contributed by atoms with Gasteiger partial charge in [-0.05, 0) is 42.8 Å². The summed E-state index contributed by atoms with van der Waals surface area (Å²) in [6, 6.07) is 10.3. The molecular formula is C15H14ClNO3. The Bertz CT molecular complexity index is 656. The van der Waals surface area contributed by atoms with Crippen LogP contribution in [0.5, 0.6) is 5.75 Å². The fourth-order valence-corrected chi connectivity index (χ4v) is 2.11. The number of hydrogen-bond acceptors (Lipinski definition) is 3. The van der Waals surface area contributed by atoms with E-state index in [0.717, 1.165) is 5.56 Å². The quantitative estimate of drug-likeness (QED) is 0.890. The molecule has 0 spiro atoms. The van der Waals surface area contributed by atoms with Crippen molar-refractivity contribution in [3.8, 4) is 5.75 Å². The van der Waals surface area contributed by atoms with Gasteiger partial charge < -0.3 is 15.2 Å².